The molecule has 0 bridgehead atoms. The number of nitrogens with one attached hydrogen (secondary N) is 1. The summed E-state index contributed by atoms with van der Waals surface area (Å²) in [5, 5.41) is 8.14. The van der Waals surface area contributed by atoms with Crippen molar-refractivity contribution >= 4 is 21.8 Å². The predicted octanol–water partition coefficient (Wildman–Crippen LogP) is 3.41. The lowest BCUT2D eigenvalue weighted by atomic mass is 9.90. The zero-order valence-electron chi connectivity index (χ0n) is 12.3. The molecule has 0 radical (unpaired) electrons. The maximum absolute atomic E-state index is 12.2. The molecule has 1 aromatic heterocycles. The number of carbonyl (C=O) groups is 1. The molecule has 0 aliphatic carbocycles. The molecule has 0 saturated heterocycles. The Morgan fingerprint density at radius 1 is 1.33 bits per heavy atom. The van der Waals surface area contributed by atoms with Gasteiger partial charge >= 0.3 is 0 Å². The van der Waals surface area contributed by atoms with E-state index in [4.69, 9.17) is 0 Å². The number of hydrogen-bond acceptors (Lipinski definition) is 2. The normalized spacial score (nSPS) is 11.4. The van der Waals surface area contributed by atoms with Gasteiger partial charge in [-0.25, -0.2) is 4.68 Å². The summed E-state index contributed by atoms with van der Waals surface area (Å²) < 4.78 is 1.71. The van der Waals surface area contributed by atoms with E-state index in [0.29, 0.717) is 12.1 Å². The fraction of sp³-hybridized carbons (Fsp3) is 0.375. The zero-order chi connectivity index (χ0) is 15.3. The van der Waals surface area contributed by atoms with E-state index < -0.39 is 0 Å². The molecular formula is C16H20BrN3O. The lowest BCUT2D eigenvalue weighted by molar-refractivity contribution is 0.0936. The zero-order valence-corrected chi connectivity index (χ0v) is 13.9. The number of carbonyl (C=O) groups excluding carboxylic acids is 1. The minimum Gasteiger partial charge on any atom is -0.351 e. The van der Waals surface area contributed by atoms with Crippen LogP contribution in [0, 0.1) is 5.41 Å². The molecule has 0 saturated carbocycles. The molecule has 0 spiro atoms. The highest BCUT2D eigenvalue weighted by Gasteiger charge is 2.19. The van der Waals surface area contributed by atoms with Gasteiger partial charge in [0, 0.05) is 18.1 Å². The molecule has 0 aliphatic heterocycles. The van der Waals surface area contributed by atoms with Crippen molar-refractivity contribution < 1.29 is 4.79 Å². The Morgan fingerprint density at radius 2 is 2.05 bits per heavy atom. The van der Waals surface area contributed by atoms with Gasteiger partial charge in [0.1, 0.15) is 0 Å². The Kier molecular flexibility index (Phi) is 5.17. The fourth-order valence-corrected chi connectivity index (χ4v) is 3.00. The molecule has 0 fully saturated rings. The van der Waals surface area contributed by atoms with E-state index in [1.165, 1.54) is 0 Å². The summed E-state index contributed by atoms with van der Waals surface area (Å²) in [6.07, 6.45) is 4.36. The first kappa shape index (κ1) is 15.8. The van der Waals surface area contributed by atoms with Crippen molar-refractivity contribution in [1.82, 2.24) is 15.1 Å². The van der Waals surface area contributed by atoms with Gasteiger partial charge in [0.25, 0.3) is 5.91 Å². The number of nitrogens with zero attached hydrogens (tertiary/aromatic N) is 2. The average Bonchev–Trinajstić information content (AvgIpc) is 2.96. The molecule has 0 unspecified atom stereocenters. The molecule has 1 heterocycles. The SMILES string of the molecule is CC(C)(CCBr)CNC(=O)c1cnn(-c2ccccc2)c1. The Balaban J connectivity index is 2.00. The van der Waals surface area contributed by atoms with Crippen molar-refractivity contribution in [3.05, 3.63) is 48.3 Å². The summed E-state index contributed by atoms with van der Waals surface area (Å²) in [5.41, 5.74) is 1.60. The van der Waals surface area contributed by atoms with Crippen LogP contribution in [0.2, 0.25) is 0 Å². The van der Waals surface area contributed by atoms with Crippen molar-refractivity contribution in [2.45, 2.75) is 20.3 Å². The highest BCUT2D eigenvalue weighted by molar-refractivity contribution is 9.09. The summed E-state index contributed by atoms with van der Waals surface area (Å²) in [5.74, 6) is -0.0835. The number of alkyl halides is 1. The Bertz CT molecular complexity index is 593. The summed E-state index contributed by atoms with van der Waals surface area (Å²) in [6, 6.07) is 9.74. The van der Waals surface area contributed by atoms with Gasteiger partial charge in [0.2, 0.25) is 0 Å². The van der Waals surface area contributed by atoms with Crippen LogP contribution in [0.25, 0.3) is 5.69 Å². The van der Waals surface area contributed by atoms with Crippen LogP contribution < -0.4 is 5.32 Å². The number of halogens is 1. The third-order valence-corrected chi connectivity index (χ3v) is 3.76. The fourth-order valence-electron chi connectivity index (χ4n) is 1.93. The second-order valence-electron chi connectivity index (χ2n) is 5.80. The summed E-state index contributed by atoms with van der Waals surface area (Å²) in [6.45, 7) is 4.93. The lowest BCUT2D eigenvalue weighted by Crippen LogP contribution is -2.34. The number of hydrogen-bond donors (Lipinski definition) is 1. The second-order valence-corrected chi connectivity index (χ2v) is 6.59. The smallest absolute Gasteiger partial charge is 0.254 e. The van der Waals surface area contributed by atoms with E-state index in [2.05, 4.69) is 40.2 Å². The molecular weight excluding hydrogens is 330 g/mol. The van der Waals surface area contributed by atoms with Gasteiger partial charge in [-0.3, -0.25) is 4.79 Å². The van der Waals surface area contributed by atoms with Crippen LogP contribution in [0.15, 0.2) is 42.7 Å². The standard InChI is InChI=1S/C16H20BrN3O/c1-16(2,8-9-17)12-18-15(21)13-10-19-20(11-13)14-6-4-3-5-7-14/h3-7,10-11H,8-9,12H2,1-2H3,(H,18,21). The molecule has 5 heteroatoms. The second kappa shape index (κ2) is 6.89. The van der Waals surface area contributed by atoms with E-state index in [-0.39, 0.29) is 11.3 Å². The van der Waals surface area contributed by atoms with Gasteiger partial charge in [-0.05, 0) is 24.0 Å². The van der Waals surface area contributed by atoms with E-state index in [1.54, 1.807) is 17.1 Å². The molecule has 1 amide bonds. The number of benzene rings is 1. The minimum atomic E-state index is -0.0835. The number of amides is 1. The highest BCUT2D eigenvalue weighted by Crippen LogP contribution is 2.20. The molecule has 1 aromatic carbocycles. The van der Waals surface area contributed by atoms with Crippen LogP contribution in [0.4, 0.5) is 0 Å². The van der Waals surface area contributed by atoms with Crippen LogP contribution >= 0.6 is 15.9 Å². The van der Waals surface area contributed by atoms with Gasteiger partial charge in [0.15, 0.2) is 0 Å². The summed E-state index contributed by atoms with van der Waals surface area (Å²) in [4.78, 5) is 12.2. The van der Waals surface area contributed by atoms with Crippen LogP contribution in [-0.4, -0.2) is 27.6 Å². The van der Waals surface area contributed by atoms with E-state index in [1.807, 2.05) is 30.3 Å². The van der Waals surface area contributed by atoms with Gasteiger partial charge in [-0.1, -0.05) is 48.0 Å². The summed E-state index contributed by atoms with van der Waals surface area (Å²) in [7, 11) is 0. The maximum atomic E-state index is 12.2. The van der Waals surface area contributed by atoms with Crippen molar-refractivity contribution in [1.29, 1.82) is 0 Å². The molecule has 21 heavy (non-hydrogen) atoms. The van der Waals surface area contributed by atoms with Crippen molar-refractivity contribution in [2.75, 3.05) is 11.9 Å². The van der Waals surface area contributed by atoms with Gasteiger partial charge in [-0.15, -0.1) is 0 Å². The number of para-hydroxylation sites is 1. The van der Waals surface area contributed by atoms with Crippen molar-refractivity contribution in [3.8, 4) is 5.69 Å². The summed E-state index contributed by atoms with van der Waals surface area (Å²) >= 11 is 3.44. The minimum absolute atomic E-state index is 0.0780. The topological polar surface area (TPSA) is 46.9 Å². The van der Waals surface area contributed by atoms with Gasteiger partial charge in [-0.2, -0.15) is 5.10 Å². The lowest BCUT2D eigenvalue weighted by Gasteiger charge is -2.23. The molecule has 4 nitrogen and oxygen atoms in total. The van der Waals surface area contributed by atoms with E-state index in [9.17, 15) is 4.79 Å². The van der Waals surface area contributed by atoms with Crippen LogP contribution in [-0.2, 0) is 0 Å². The third kappa shape index (κ3) is 4.43. The molecule has 0 atom stereocenters. The highest BCUT2D eigenvalue weighted by atomic mass is 79.9. The monoisotopic (exact) mass is 349 g/mol. The number of aromatic nitrogens is 2. The van der Waals surface area contributed by atoms with Crippen LogP contribution in [0.3, 0.4) is 0 Å². The third-order valence-electron chi connectivity index (χ3n) is 3.36. The molecule has 112 valence electrons. The Labute approximate surface area is 133 Å². The first-order valence-electron chi connectivity index (χ1n) is 6.96. The van der Waals surface area contributed by atoms with E-state index in [0.717, 1.165) is 17.4 Å². The average molecular weight is 350 g/mol. The molecule has 2 rings (SSSR count). The van der Waals surface area contributed by atoms with Crippen molar-refractivity contribution in [3.63, 3.8) is 0 Å². The largest absolute Gasteiger partial charge is 0.351 e. The maximum Gasteiger partial charge on any atom is 0.254 e. The van der Waals surface area contributed by atoms with Crippen LogP contribution in [0.5, 0.6) is 0 Å². The van der Waals surface area contributed by atoms with Gasteiger partial charge < -0.3 is 5.32 Å². The quantitative estimate of drug-likeness (QED) is 0.812. The first-order valence-corrected chi connectivity index (χ1v) is 8.08. The predicted molar refractivity (Wildman–Crippen MR) is 88.1 cm³/mol. The molecule has 1 N–H and O–H groups in total. The van der Waals surface area contributed by atoms with Gasteiger partial charge in [0.05, 0.1) is 17.4 Å². The molecule has 2 aromatic rings. The van der Waals surface area contributed by atoms with E-state index >= 15 is 0 Å². The first-order chi connectivity index (χ1) is 10.0. The Morgan fingerprint density at radius 3 is 2.71 bits per heavy atom. The molecule has 0 aliphatic rings. The Hall–Kier alpha value is -1.62. The van der Waals surface area contributed by atoms with Crippen molar-refractivity contribution in [2.24, 2.45) is 5.41 Å². The van der Waals surface area contributed by atoms with Crippen LogP contribution in [0.1, 0.15) is 30.6 Å². The number of rotatable bonds is 6.